The average molecular weight is 286 g/mol. The quantitative estimate of drug-likeness (QED) is 0.593. The molecular weight excluding hydrogens is 276 g/mol. The topological polar surface area (TPSA) is 145 Å². The summed E-state index contributed by atoms with van der Waals surface area (Å²) in [6.45, 7) is -0.0824. The molecule has 0 saturated carbocycles. The Hall–Kier alpha value is -2.27. The first-order valence-electron chi connectivity index (χ1n) is 5.04. The zero-order valence-electron chi connectivity index (χ0n) is 9.74. The van der Waals surface area contributed by atoms with E-state index in [1.54, 1.807) is 0 Å². The van der Waals surface area contributed by atoms with E-state index in [4.69, 9.17) is 0 Å². The third-order valence-electron chi connectivity index (χ3n) is 2.31. The molecule has 0 spiro atoms. The highest BCUT2D eigenvalue weighted by Crippen LogP contribution is 2.09. The molecule has 0 amide bonds. The second kappa shape index (κ2) is 4.78. The monoisotopic (exact) mass is 286 g/mol. The first-order chi connectivity index (χ1) is 8.91. The minimum absolute atomic E-state index is 0.0824. The lowest BCUT2D eigenvalue weighted by atomic mass is 10.6. The van der Waals surface area contributed by atoms with Crippen LogP contribution >= 0.6 is 0 Å². The number of nitrogens with zero attached hydrogens (tertiary/aromatic N) is 3. The standard InChI is InChI=1S/C8H10N6O4S/c1-14(3-6-10-4-11-13-6)19(17,18)5-2-9-8(16)12-7(5)15/h2,4H,3H2,1H3,(H,10,11,13)(H2,9,12,15,16). The molecule has 0 unspecified atom stereocenters. The number of hydrogen-bond acceptors (Lipinski definition) is 6. The Morgan fingerprint density at radius 1 is 1.37 bits per heavy atom. The van der Waals surface area contributed by atoms with Crippen LogP contribution in [0.2, 0.25) is 0 Å². The summed E-state index contributed by atoms with van der Waals surface area (Å²) in [4.78, 5) is 29.5. The van der Waals surface area contributed by atoms with Gasteiger partial charge in [-0.1, -0.05) is 0 Å². The first-order valence-corrected chi connectivity index (χ1v) is 6.48. The summed E-state index contributed by atoms with van der Waals surface area (Å²) in [5.74, 6) is 0.326. The molecule has 0 radical (unpaired) electrons. The van der Waals surface area contributed by atoms with E-state index in [0.717, 1.165) is 10.5 Å². The number of nitrogens with one attached hydrogen (secondary N) is 3. The lowest BCUT2D eigenvalue weighted by molar-refractivity contribution is 0.456. The lowest BCUT2D eigenvalue weighted by Crippen LogP contribution is -2.34. The van der Waals surface area contributed by atoms with Gasteiger partial charge in [-0.25, -0.2) is 18.2 Å². The van der Waals surface area contributed by atoms with Crippen molar-refractivity contribution < 1.29 is 8.42 Å². The van der Waals surface area contributed by atoms with Crippen LogP contribution in [0.5, 0.6) is 0 Å². The summed E-state index contributed by atoms with van der Waals surface area (Å²) >= 11 is 0. The summed E-state index contributed by atoms with van der Waals surface area (Å²) in [7, 11) is -2.75. The molecule has 2 rings (SSSR count). The van der Waals surface area contributed by atoms with Crippen LogP contribution in [0.4, 0.5) is 0 Å². The van der Waals surface area contributed by atoms with Gasteiger partial charge in [0.05, 0.1) is 6.54 Å². The van der Waals surface area contributed by atoms with Gasteiger partial charge in [0.25, 0.3) is 5.56 Å². The molecular formula is C8H10N6O4S. The fraction of sp³-hybridized carbons (Fsp3) is 0.250. The van der Waals surface area contributed by atoms with Gasteiger partial charge in [0.1, 0.15) is 12.2 Å². The van der Waals surface area contributed by atoms with Crippen LogP contribution in [-0.2, 0) is 16.6 Å². The molecule has 0 fully saturated rings. The predicted molar refractivity (Wildman–Crippen MR) is 62.7 cm³/mol. The fourth-order valence-electron chi connectivity index (χ4n) is 1.36. The number of aromatic nitrogens is 5. The second-order valence-electron chi connectivity index (χ2n) is 3.63. The largest absolute Gasteiger partial charge is 0.325 e. The number of H-pyrrole nitrogens is 3. The Balaban J connectivity index is 2.36. The van der Waals surface area contributed by atoms with Gasteiger partial charge in [-0.2, -0.15) is 9.40 Å². The van der Waals surface area contributed by atoms with Crippen molar-refractivity contribution in [3.8, 4) is 0 Å². The fourth-order valence-corrected chi connectivity index (χ4v) is 2.48. The molecule has 102 valence electrons. The maximum atomic E-state index is 12.1. The molecule has 0 bridgehead atoms. The SMILES string of the molecule is CN(Cc1ncn[nH]1)S(=O)(=O)c1c[nH]c(=O)[nH]c1=O. The van der Waals surface area contributed by atoms with Crippen LogP contribution in [0.3, 0.4) is 0 Å². The average Bonchev–Trinajstić information content (AvgIpc) is 2.81. The van der Waals surface area contributed by atoms with Gasteiger partial charge in [0.15, 0.2) is 4.90 Å². The van der Waals surface area contributed by atoms with Crippen LogP contribution in [-0.4, -0.2) is 44.9 Å². The van der Waals surface area contributed by atoms with Gasteiger partial charge < -0.3 is 4.98 Å². The van der Waals surface area contributed by atoms with Crippen molar-refractivity contribution >= 4 is 10.0 Å². The van der Waals surface area contributed by atoms with Crippen LogP contribution in [0.25, 0.3) is 0 Å². The van der Waals surface area contributed by atoms with E-state index in [1.807, 2.05) is 4.98 Å². The zero-order valence-corrected chi connectivity index (χ0v) is 10.6. The van der Waals surface area contributed by atoms with Gasteiger partial charge >= 0.3 is 5.69 Å². The predicted octanol–water partition coefficient (Wildman–Crippen LogP) is -2.00. The Bertz CT molecular complexity index is 774. The summed E-state index contributed by atoms with van der Waals surface area (Å²) in [5.41, 5.74) is -1.75. The van der Waals surface area contributed by atoms with Gasteiger partial charge in [0.2, 0.25) is 10.0 Å². The van der Waals surface area contributed by atoms with Crippen molar-refractivity contribution in [1.29, 1.82) is 0 Å². The van der Waals surface area contributed by atoms with E-state index in [0.29, 0.717) is 5.82 Å². The number of sulfonamides is 1. The van der Waals surface area contributed by atoms with Gasteiger partial charge in [-0.05, 0) is 0 Å². The minimum Gasteiger partial charge on any atom is -0.313 e. The Labute approximate surface area is 106 Å². The smallest absolute Gasteiger partial charge is 0.313 e. The van der Waals surface area contributed by atoms with Crippen molar-refractivity contribution in [3.63, 3.8) is 0 Å². The van der Waals surface area contributed by atoms with E-state index < -0.39 is 26.2 Å². The molecule has 0 aromatic carbocycles. The zero-order chi connectivity index (χ0) is 14.0. The number of rotatable bonds is 4. The van der Waals surface area contributed by atoms with E-state index >= 15 is 0 Å². The van der Waals surface area contributed by atoms with Gasteiger partial charge in [-0.3, -0.25) is 14.9 Å². The summed E-state index contributed by atoms with van der Waals surface area (Å²) in [5, 5.41) is 6.09. The molecule has 0 aliphatic heterocycles. The first kappa shape index (κ1) is 13.2. The number of aromatic amines is 3. The number of hydrogen-bond donors (Lipinski definition) is 3. The molecule has 2 heterocycles. The molecule has 2 aromatic heterocycles. The van der Waals surface area contributed by atoms with E-state index in [2.05, 4.69) is 20.2 Å². The maximum absolute atomic E-state index is 12.1. The highest BCUT2D eigenvalue weighted by molar-refractivity contribution is 7.89. The van der Waals surface area contributed by atoms with Crippen molar-refractivity contribution in [1.82, 2.24) is 29.5 Å². The maximum Gasteiger partial charge on any atom is 0.325 e. The molecule has 0 aliphatic rings. The third kappa shape index (κ3) is 2.61. The summed E-state index contributed by atoms with van der Waals surface area (Å²) < 4.78 is 25.1. The Kier molecular flexibility index (Phi) is 3.31. The second-order valence-corrected chi connectivity index (χ2v) is 5.64. The molecule has 11 heteroatoms. The van der Waals surface area contributed by atoms with Crippen LogP contribution in [0.15, 0.2) is 27.0 Å². The Morgan fingerprint density at radius 3 is 2.68 bits per heavy atom. The van der Waals surface area contributed by atoms with E-state index in [-0.39, 0.29) is 6.54 Å². The van der Waals surface area contributed by atoms with Crippen LogP contribution in [0, 0.1) is 0 Å². The summed E-state index contributed by atoms with van der Waals surface area (Å²) in [6.07, 6.45) is 2.09. The normalized spacial score (nSPS) is 11.9. The molecule has 19 heavy (non-hydrogen) atoms. The molecule has 10 nitrogen and oxygen atoms in total. The van der Waals surface area contributed by atoms with Gasteiger partial charge in [0, 0.05) is 13.2 Å². The Morgan fingerprint density at radius 2 is 2.11 bits per heavy atom. The molecule has 2 aromatic rings. The lowest BCUT2D eigenvalue weighted by Gasteiger charge is -2.14. The molecule has 3 N–H and O–H groups in total. The van der Waals surface area contributed by atoms with Crippen molar-refractivity contribution in [2.45, 2.75) is 11.4 Å². The summed E-state index contributed by atoms with van der Waals surface area (Å²) in [6, 6.07) is 0. The molecule has 0 atom stereocenters. The van der Waals surface area contributed by atoms with E-state index in [1.165, 1.54) is 13.4 Å². The van der Waals surface area contributed by atoms with Gasteiger partial charge in [-0.15, -0.1) is 0 Å². The highest BCUT2D eigenvalue weighted by Gasteiger charge is 2.25. The molecule has 0 aliphatic carbocycles. The van der Waals surface area contributed by atoms with Crippen molar-refractivity contribution in [2.75, 3.05) is 7.05 Å². The highest BCUT2D eigenvalue weighted by atomic mass is 32.2. The minimum atomic E-state index is -4.03. The van der Waals surface area contributed by atoms with Crippen LogP contribution in [0.1, 0.15) is 5.82 Å². The van der Waals surface area contributed by atoms with E-state index in [9.17, 15) is 18.0 Å². The van der Waals surface area contributed by atoms with Crippen molar-refractivity contribution in [3.05, 3.63) is 39.2 Å². The third-order valence-corrected chi connectivity index (χ3v) is 4.12. The van der Waals surface area contributed by atoms with Crippen LogP contribution < -0.4 is 11.2 Å². The van der Waals surface area contributed by atoms with Crippen molar-refractivity contribution in [2.24, 2.45) is 0 Å². The molecule has 0 saturated heterocycles.